The zero-order chi connectivity index (χ0) is 16.4. The van der Waals surface area contributed by atoms with Crippen LogP contribution in [0.15, 0.2) is 35.2 Å². The van der Waals surface area contributed by atoms with Crippen LogP contribution in [-0.4, -0.2) is 26.4 Å². The van der Waals surface area contributed by atoms with Crippen LogP contribution in [0.5, 0.6) is 0 Å². The normalized spacial score (nSPS) is 12.8. The van der Waals surface area contributed by atoms with Gasteiger partial charge in [0.15, 0.2) is 16.5 Å². The number of carbonyl (C=O) groups is 1. The van der Waals surface area contributed by atoms with Crippen molar-refractivity contribution in [1.29, 1.82) is 0 Å². The molecule has 0 heterocycles. The first-order chi connectivity index (χ1) is 10.5. The fourth-order valence-electron chi connectivity index (χ4n) is 2.23. The molecule has 1 unspecified atom stereocenters. The van der Waals surface area contributed by atoms with E-state index in [4.69, 9.17) is 0 Å². The number of unbranched alkanes of at least 4 members (excludes halogenated alkanes) is 4. The average molecular weight is 329 g/mol. The Hall–Kier alpha value is -1.43. The molecule has 4 nitrogen and oxygen atoms in total. The van der Waals surface area contributed by atoms with E-state index in [2.05, 4.69) is 12.2 Å². The molecule has 0 saturated carbocycles. The molecular formula is C16H24FNO3S. The molecule has 1 aromatic rings. The third-order valence-corrected chi connectivity index (χ3v) is 5.49. The maximum Gasteiger partial charge on any atom is 0.252 e. The largest absolute Gasteiger partial charge is 0.337 e. The SMILES string of the molecule is CCCCCCCC(NC(=O)CF)S(=O)(=O)c1ccccc1. The zero-order valence-corrected chi connectivity index (χ0v) is 13.7. The second-order valence-corrected chi connectivity index (χ2v) is 7.38. The number of hydrogen-bond acceptors (Lipinski definition) is 3. The second-order valence-electron chi connectivity index (χ2n) is 5.25. The summed E-state index contributed by atoms with van der Waals surface area (Å²) in [5.41, 5.74) is 0. The van der Waals surface area contributed by atoms with Crippen LogP contribution < -0.4 is 5.32 Å². The Kier molecular flexibility index (Phi) is 8.09. The first-order valence-corrected chi connectivity index (χ1v) is 9.21. The number of sulfone groups is 1. The highest BCUT2D eigenvalue weighted by Crippen LogP contribution is 2.19. The lowest BCUT2D eigenvalue weighted by Gasteiger charge is -2.18. The van der Waals surface area contributed by atoms with E-state index in [0.29, 0.717) is 12.8 Å². The number of hydrogen-bond donors (Lipinski definition) is 1. The molecule has 0 bridgehead atoms. The molecule has 6 heteroatoms. The van der Waals surface area contributed by atoms with Gasteiger partial charge in [-0.25, -0.2) is 12.8 Å². The van der Waals surface area contributed by atoms with Gasteiger partial charge in [-0.15, -0.1) is 0 Å². The van der Waals surface area contributed by atoms with E-state index < -0.39 is 27.8 Å². The van der Waals surface area contributed by atoms with Crippen LogP contribution in [0, 0.1) is 0 Å². The summed E-state index contributed by atoms with van der Waals surface area (Å²) in [7, 11) is -3.70. The van der Waals surface area contributed by atoms with Gasteiger partial charge in [0.05, 0.1) is 4.90 Å². The summed E-state index contributed by atoms with van der Waals surface area (Å²) in [6, 6.07) is 7.95. The highest BCUT2D eigenvalue weighted by molar-refractivity contribution is 7.92. The van der Waals surface area contributed by atoms with Gasteiger partial charge in [0, 0.05) is 0 Å². The standard InChI is InChI=1S/C16H24FNO3S/c1-2-3-4-5-9-12-16(18-15(19)13-17)22(20,21)14-10-7-6-8-11-14/h6-8,10-11,16H,2-5,9,12-13H2,1H3,(H,18,19). The minimum absolute atomic E-state index is 0.146. The minimum atomic E-state index is -3.70. The van der Waals surface area contributed by atoms with Crippen molar-refractivity contribution in [3.63, 3.8) is 0 Å². The van der Waals surface area contributed by atoms with E-state index >= 15 is 0 Å². The lowest BCUT2D eigenvalue weighted by atomic mass is 10.1. The maximum absolute atomic E-state index is 12.6. The molecule has 1 aromatic carbocycles. The first kappa shape index (κ1) is 18.6. The van der Waals surface area contributed by atoms with Crippen molar-refractivity contribution in [2.24, 2.45) is 0 Å². The molecule has 0 fully saturated rings. The number of halogens is 1. The van der Waals surface area contributed by atoms with Crippen molar-refractivity contribution < 1.29 is 17.6 Å². The van der Waals surface area contributed by atoms with Crippen LogP contribution >= 0.6 is 0 Å². The van der Waals surface area contributed by atoms with Gasteiger partial charge in [-0.1, -0.05) is 57.2 Å². The Labute approximate surface area is 132 Å². The van der Waals surface area contributed by atoms with Gasteiger partial charge in [0.1, 0.15) is 5.37 Å². The Bertz CT molecular complexity index is 546. The molecule has 0 aromatic heterocycles. The summed E-state index contributed by atoms with van der Waals surface area (Å²) in [6.07, 6.45) is 5.12. The number of rotatable bonds is 10. The van der Waals surface area contributed by atoms with Crippen molar-refractivity contribution in [1.82, 2.24) is 5.32 Å². The van der Waals surface area contributed by atoms with Crippen LogP contribution in [0.1, 0.15) is 45.4 Å². The van der Waals surface area contributed by atoms with Crippen LogP contribution in [0.25, 0.3) is 0 Å². The third kappa shape index (κ3) is 5.75. The summed E-state index contributed by atoms with van der Waals surface area (Å²) in [5.74, 6) is -0.891. The zero-order valence-electron chi connectivity index (χ0n) is 12.9. The Morgan fingerprint density at radius 1 is 1.14 bits per heavy atom. The molecule has 0 aliphatic carbocycles. The molecule has 124 valence electrons. The number of nitrogens with one attached hydrogen (secondary N) is 1. The fraction of sp³-hybridized carbons (Fsp3) is 0.562. The van der Waals surface area contributed by atoms with Crippen LogP contribution in [0.2, 0.25) is 0 Å². The molecule has 1 N–H and O–H groups in total. The van der Waals surface area contributed by atoms with Crippen LogP contribution in [-0.2, 0) is 14.6 Å². The molecule has 1 amide bonds. The molecule has 0 spiro atoms. The summed E-state index contributed by atoms with van der Waals surface area (Å²) in [6.45, 7) is 0.890. The monoisotopic (exact) mass is 329 g/mol. The summed E-state index contributed by atoms with van der Waals surface area (Å²) < 4.78 is 37.6. The van der Waals surface area contributed by atoms with Crippen molar-refractivity contribution in [2.75, 3.05) is 6.67 Å². The quantitative estimate of drug-likeness (QED) is 0.670. The van der Waals surface area contributed by atoms with Crippen molar-refractivity contribution in [2.45, 2.75) is 55.7 Å². The second kappa shape index (κ2) is 9.56. The smallest absolute Gasteiger partial charge is 0.252 e. The van der Waals surface area contributed by atoms with Crippen molar-refractivity contribution in [3.05, 3.63) is 30.3 Å². The predicted molar refractivity (Wildman–Crippen MR) is 84.9 cm³/mol. The highest BCUT2D eigenvalue weighted by atomic mass is 32.2. The number of benzene rings is 1. The molecular weight excluding hydrogens is 305 g/mol. The van der Waals surface area contributed by atoms with Crippen LogP contribution in [0.3, 0.4) is 0 Å². The fourth-order valence-corrected chi connectivity index (χ4v) is 3.86. The molecule has 1 rings (SSSR count). The number of carbonyl (C=O) groups excluding carboxylic acids is 1. The van der Waals surface area contributed by atoms with E-state index in [1.807, 2.05) is 0 Å². The van der Waals surface area contributed by atoms with E-state index in [1.165, 1.54) is 12.1 Å². The van der Waals surface area contributed by atoms with Crippen LogP contribution in [0.4, 0.5) is 4.39 Å². The van der Waals surface area contributed by atoms with E-state index in [1.54, 1.807) is 18.2 Å². The summed E-state index contributed by atoms with van der Waals surface area (Å²) in [5, 5.41) is 1.22. The van der Waals surface area contributed by atoms with Gasteiger partial charge >= 0.3 is 0 Å². The van der Waals surface area contributed by atoms with Gasteiger partial charge in [0.25, 0.3) is 5.91 Å². The number of amides is 1. The Morgan fingerprint density at radius 3 is 2.36 bits per heavy atom. The van der Waals surface area contributed by atoms with Crippen molar-refractivity contribution in [3.8, 4) is 0 Å². The number of alkyl halides is 1. The van der Waals surface area contributed by atoms with E-state index in [-0.39, 0.29) is 4.90 Å². The lowest BCUT2D eigenvalue weighted by Crippen LogP contribution is -2.41. The maximum atomic E-state index is 12.6. The molecule has 22 heavy (non-hydrogen) atoms. The third-order valence-electron chi connectivity index (χ3n) is 3.46. The van der Waals surface area contributed by atoms with Gasteiger partial charge in [-0.2, -0.15) is 0 Å². The molecule has 1 atom stereocenters. The molecule has 0 aliphatic rings. The van der Waals surface area contributed by atoms with Gasteiger partial charge in [0.2, 0.25) is 0 Å². The van der Waals surface area contributed by atoms with Gasteiger partial charge in [-0.05, 0) is 18.6 Å². The lowest BCUT2D eigenvalue weighted by molar-refractivity contribution is -0.122. The Morgan fingerprint density at radius 2 is 1.77 bits per heavy atom. The van der Waals surface area contributed by atoms with Gasteiger partial charge in [-0.3, -0.25) is 4.79 Å². The highest BCUT2D eigenvalue weighted by Gasteiger charge is 2.28. The molecule has 0 saturated heterocycles. The summed E-state index contributed by atoms with van der Waals surface area (Å²) in [4.78, 5) is 11.4. The minimum Gasteiger partial charge on any atom is -0.337 e. The average Bonchev–Trinajstić information content (AvgIpc) is 2.54. The Balaban J connectivity index is 2.78. The van der Waals surface area contributed by atoms with Crippen molar-refractivity contribution >= 4 is 15.7 Å². The summed E-state index contributed by atoms with van der Waals surface area (Å²) >= 11 is 0. The van der Waals surface area contributed by atoms with E-state index in [0.717, 1.165) is 25.7 Å². The molecule has 0 aliphatic heterocycles. The predicted octanol–water partition coefficient (Wildman–Crippen LogP) is 3.23. The molecule has 0 radical (unpaired) electrons. The first-order valence-electron chi connectivity index (χ1n) is 7.66. The van der Waals surface area contributed by atoms with E-state index in [9.17, 15) is 17.6 Å². The topological polar surface area (TPSA) is 63.2 Å². The van der Waals surface area contributed by atoms with Gasteiger partial charge < -0.3 is 5.32 Å².